The fourth-order valence-electron chi connectivity index (χ4n) is 2.00. The van der Waals surface area contributed by atoms with Gasteiger partial charge in [-0.15, -0.1) is 0 Å². The first-order valence-electron chi connectivity index (χ1n) is 6.95. The quantitative estimate of drug-likeness (QED) is 0.611. The first kappa shape index (κ1) is 16.3. The molecule has 20 heavy (non-hydrogen) atoms. The summed E-state index contributed by atoms with van der Waals surface area (Å²) in [6.07, 6.45) is 0. The van der Waals surface area contributed by atoms with Crippen molar-refractivity contribution in [3.63, 3.8) is 0 Å². The van der Waals surface area contributed by atoms with Crippen molar-refractivity contribution in [2.45, 2.75) is 13.8 Å². The summed E-state index contributed by atoms with van der Waals surface area (Å²) in [7, 11) is 3.46. The Kier molecular flexibility index (Phi) is 6.31. The first-order valence-corrected chi connectivity index (χ1v) is 6.95. The zero-order chi connectivity index (χ0) is 15.1. The standard InChI is InChI=1S/C15H25N3O2/c1-5-18(9-10-20-6-2)14-8-7-12(11-13(14)16)15(19)17(3)4/h7-8,11H,5-6,9-10,16H2,1-4H3. The molecule has 1 amide bonds. The topological polar surface area (TPSA) is 58.8 Å². The van der Waals surface area contributed by atoms with Crippen molar-refractivity contribution in [1.29, 1.82) is 0 Å². The lowest BCUT2D eigenvalue weighted by molar-refractivity contribution is 0.0827. The summed E-state index contributed by atoms with van der Waals surface area (Å²) in [6.45, 7) is 7.07. The number of nitrogens with zero attached hydrogens (tertiary/aromatic N) is 2. The van der Waals surface area contributed by atoms with Gasteiger partial charge < -0.3 is 20.3 Å². The SMILES string of the molecule is CCOCCN(CC)c1ccc(C(=O)N(C)C)cc1N. The second kappa shape index (κ2) is 7.75. The molecule has 1 aromatic carbocycles. The molecule has 0 spiro atoms. The Morgan fingerprint density at radius 2 is 2.00 bits per heavy atom. The maximum atomic E-state index is 11.9. The summed E-state index contributed by atoms with van der Waals surface area (Å²) in [5.74, 6) is -0.0411. The number of hydrogen-bond acceptors (Lipinski definition) is 4. The fraction of sp³-hybridized carbons (Fsp3) is 0.533. The Hall–Kier alpha value is -1.75. The monoisotopic (exact) mass is 279 g/mol. The van der Waals surface area contributed by atoms with E-state index in [0.717, 1.165) is 18.8 Å². The highest BCUT2D eigenvalue weighted by Gasteiger charge is 2.13. The number of carbonyl (C=O) groups is 1. The fourth-order valence-corrected chi connectivity index (χ4v) is 2.00. The van der Waals surface area contributed by atoms with Crippen molar-refractivity contribution >= 4 is 17.3 Å². The molecule has 5 nitrogen and oxygen atoms in total. The van der Waals surface area contributed by atoms with E-state index in [1.54, 1.807) is 25.1 Å². The van der Waals surface area contributed by atoms with Crippen LogP contribution in [0.5, 0.6) is 0 Å². The molecule has 1 aromatic rings. The summed E-state index contributed by atoms with van der Waals surface area (Å²) >= 11 is 0. The Balaban J connectivity index is 2.87. The van der Waals surface area contributed by atoms with Crippen LogP contribution < -0.4 is 10.6 Å². The predicted octanol–water partition coefficient (Wildman–Crippen LogP) is 1.83. The molecule has 0 aliphatic carbocycles. The lowest BCUT2D eigenvalue weighted by Gasteiger charge is -2.25. The second-order valence-corrected chi connectivity index (χ2v) is 4.75. The van der Waals surface area contributed by atoms with E-state index < -0.39 is 0 Å². The number of amides is 1. The number of benzene rings is 1. The van der Waals surface area contributed by atoms with Crippen LogP contribution in [0.4, 0.5) is 11.4 Å². The zero-order valence-electron chi connectivity index (χ0n) is 12.8. The third-order valence-electron chi connectivity index (χ3n) is 3.11. The number of nitrogen functional groups attached to an aromatic ring is 1. The van der Waals surface area contributed by atoms with Gasteiger partial charge in [0.15, 0.2) is 0 Å². The van der Waals surface area contributed by atoms with Gasteiger partial charge in [-0.1, -0.05) is 0 Å². The smallest absolute Gasteiger partial charge is 0.253 e. The van der Waals surface area contributed by atoms with Crippen LogP contribution in [0.1, 0.15) is 24.2 Å². The molecule has 0 aliphatic rings. The van der Waals surface area contributed by atoms with Crippen molar-refractivity contribution in [2.24, 2.45) is 0 Å². The number of likely N-dealkylation sites (N-methyl/N-ethyl adjacent to an activating group) is 1. The van der Waals surface area contributed by atoms with Gasteiger partial charge in [0, 0.05) is 39.4 Å². The molecule has 112 valence electrons. The number of rotatable bonds is 7. The molecule has 0 unspecified atom stereocenters. The lowest BCUT2D eigenvalue weighted by atomic mass is 10.1. The van der Waals surface area contributed by atoms with Crippen molar-refractivity contribution < 1.29 is 9.53 Å². The van der Waals surface area contributed by atoms with Crippen LogP contribution in [0.3, 0.4) is 0 Å². The third-order valence-corrected chi connectivity index (χ3v) is 3.11. The zero-order valence-corrected chi connectivity index (χ0v) is 12.8. The van der Waals surface area contributed by atoms with Gasteiger partial charge in [0.05, 0.1) is 18.0 Å². The van der Waals surface area contributed by atoms with Crippen LogP contribution in [0.25, 0.3) is 0 Å². The van der Waals surface area contributed by atoms with E-state index in [9.17, 15) is 4.79 Å². The molecule has 0 saturated heterocycles. The predicted molar refractivity (Wildman–Crippen MR) is 83.3 cm³/mol. The molecule has 0 aromatic heterocycles. The van der Waals surface area contributed by atoms with Gasteiger partial charge in [-0.2, -0.15) is 0 Å². The minimum absolute atomic E-state index is 0.0411. The molecule has 5 heteroatoms. The normalized spacial score (nSPS) is 10.4. The van der Waals surface area contributed by atoms with Crippen molar-refractivity contribution in [2.75, 3.05) is 51.0 Å². The van der Waals surface area contributed by atoms with E-state index in [2.05, 4.69) is 11.8 Å². The maximum absolute atomic E-state index is 11.9. The van der Waals surface area contributed by atoms with Gasteiger partial charge >= 0.3 is 0 Å². The highest BCUT2D eigenvalue weighted by Crippen LogP contribution is 2.24. The largest absolute Gasteiger partial charge is 0.397 e. The number of carbonyl (C=O) groups excluding carboxylic acids is 1. The van der Waals surface area contributed by atoms with Crippen LogP contribution in [0.2, 0.25) is 0 Å². The van der Waals surface area contributed by atoms with Gasteiger partial charge in [0.2, 0.25) is 0 Å². The van der Waals surface area contributed by atoms with E-state index in [1.807, 2.05) is 19.1 Å². The van der Waals surface area contributed by atoms with E-state index in [0.29, 0.717) is 24.5 Å². The molecule has 2 N–H and O–H groups in total. The van der Waals surface area contributed by atoms with Crippen LogP contribution in [0.15, 0.2) is 18.2 Å². The molecule has 0 saturated carbocycles. The van der Waals surface area contributed by atoms with Gasteiger partial charge in [-0.25, -0.2) is 0 Å². The Morgan fingerprint density at radius 3 is 2.50 bits per heavy atom. The summed E-state index contributed by atoms with van der Waals surface area (Å²) < 4.78 is 5.38. The minimum atomic E-state index is -0.0411. The van der Waals surface area contributed by atoms with Gasteiger partial charge in [0.1, 0.15) is 0 Å². The summed E-state index contributed by atoms with van der Waals surface area (Å²) in [4.78, 5) is 15.6. The highest BCUT2D eigenvalue weighted by atomic mass is 16.5. The van der Waals surface area contributed by atoms with Crippen molar-refractivity contribution in [1.82, 2.24) is 4.90 Å². The molecule has 0 bridgehead atoms. The summed E-state index contributed by atoms with van der Waals surface area (Å²) in [5.41, 5.74) is 8.26. The number of hydrogen-bond donors (Lipinski definition) is 1. The highest BCUT2D eigenvalue weighted by molar-refractivity contribution is 5.95. The van der Waals surface area contributed by atoms with Crippen LogP contribution >= 0.6 is 0 Å². The lowest BCUT2D eigenvalue weighted by Crippen LogP contribution is -2.28. The van der Waals surface area contributed by atoms with Crippen LogP contribution in [0, 0.1) is 0 Å². The Morgan fingerprint density at radius 1 is 1.30 bits per heavy atom. The molecule has 0 fully saturated rings. The van der Waals surface area contributed by atoms with Gasteiger partial charge in [-0.3, -0.25) is 4.79 Å². The minimum Gasteiger partial charge on any atom is -0.397 e. The van der Waals surface area contributed by atoms with Crippen molar-refractivity contribution in [3.8, 4) is 0 Å². The summed E-state index contributed by atoms with van der Waals surface area (Å²) in [6, 6.07) is 5.46. The molecule has 0 atom stereocenters. The van der Waals surface area contributed by atoms with Gasteiger partial charge in [-0.05, 0) is 32.0 Å². The molecule has 0 aliphatic heterocycles. The third kappa shape index (κ3) is 4.13. The summed E-state index contributed by atoms with van der Waals surface area (Å²) in [5, 5.41) is 0. The number of ether oxygens (including phenoxy) is 1. The molecular weight excluding hydrogens is 254 g/mol. The molecule has 0 heterocycles. The Labute approximate surface area is 121 Å². The van der Waals surface area contributed by atoms with E-state index >= 15 is 0 Å². The maximum Gasteiger partial charge on any atom is 0.253 e. The number of nitrogens with two attached hydrogens (primary N) is 1. The average molecular weight is 279 g/mol. The van der Waals surface area contributed by atoms with E-state index in [4.69, 9.17) is 10.5 Å². The van der Waals surface area contributed by atoms with Gasteiger partial charge in [0.25, 0.3) is 5.91 Å². The van der Waals surface area contributed by atoms with Crippen LogP contribution in [-0.2, 0) is 4.74 Å². The number of anilines is 2. The van der Waals surface area contributed by atoms with Crippen LogP contribution in [-0.4, -0.2) is 51.2 Å². The second-order valence-electron chi connectivity index (χ2n) is 4.75. The van der Waals surface area contributed by atoms with E-state index in [1.165, 1.54) is 0 Å². The van der Waals surface area contributed by atoms with Crippen molar-refractivity contribution in [3.05, 3.63) is 23.8 Å². The Bertz CT molecular complexity index is 447. The molecule has 1 rings (SSSR count). The first-order chi connectivity index (χ1) is 9.51. The van der Waals surface area contributed by atoms with E-state index in [-0.39, 0.29) is 5.91 Å². The average Bonchev–Trinajstić information content (AvgIpc) is 2.43. The molecule has 0 radical (unpaired) electrons. The molecular formula is C15H25N3O2.